The molecule has 3 nitrogen and oxygen atoms in total. The van der Waals surface area contributed by atoms with Gasteiger partial charge in [-0.15, -0.1) is 0 Å². The third kappa shape index (κ3) is 6.66. The normalized spacial score (nSPS) is 21.4. The summed E-state index contributed by atoms with van der Waals surface area (Å²) >= 11 is 0. The van der Waals surface area contributed by atoms with E-state index in [4.69, 9.17) is 5.73 Å². The van der Waals surface area contributed by atoms with Crippen LogP contribution in [-0.4, -0.2) is 55.1 Å². The van der Waals surface area contributed by atoms with Crippen molar-refractivity contribution >= 4 is 0 Å². The number of nitrogens with two attached hydrogens (primary N) is 1. The highest BCUT2D eigenvalue weighted by Crippen LogP contribution is 2.32. The van der Waals surface area contributed by atoms with Crippen molar-refractivity contribution in [3.05, 3.63) is 0 Å². The van der Waals surface area contributed by atoms with Crippen LogP contribution in [0.3, 0.4) is 0 Å². The van der Waals surface area contributed by atoms with E-state index in [1.807, 2.05) is 0 Å². The van der Waals surface area contributed by atoms with Gasteiger partial charge >= 0.3 is 0 Å². The lowest BCUT2D eigenvalue weighted by Crippen LogP contribution is -2.49. The molecule has 2 atom stereocenters. The minimum absolute atomic E-state index is 0.397. The highest BCUT2D eigenvalue weighted by molar-refractivity contribution is 4.78. The Labute approximate surface area is 133 Å². The monoisotopic (exact) mass is 297 g/mol. The molecule has 0 radical (unpaired) electrons. The molecule has 0 spiro atoms. The van der Waals surface area contributed by atoms with Gasteiger partial charge < -0.3 is 10.6 Å². The molecule has 0 aliphatic carbocycles. The fourth-order valence-electron chi connectivity index (χ4n) is 3.46. The minimum Gasteiger partial charge on any atom is -0.330 e. The third-order valence-corrected chi connectivity index (χ3v) is 5.39. The van der Waals surface area contributed by atoms with Crippen LogP contribution in [0.15, 0.2) is 0 Å². The van der Waals surface area contributed by atoms with Gasteiger partial charge in [-0.25, -0.2) is 0 Å². The van der Waals surface area contributed by atoms with Gasteiger partial charge in [0.25, 0.3) is 0 Å². The van der Waals surface area contributed by atoms with Crippen LogP contribution in [-0.2, 0) is 0 Å². The zero-order valence-electron chi connectivity index (χ0n) is 15.2. The van der Waals surface area contributed by atoms with Crippen LogP contribution in [0.2, 0.25) is 0 Å². The first-order valence-electron chi connectivity index (χ1n) is 9.05. The molecule has 1 saturated heterocycles. The molecule has 0 saturated carbocycles. The van der Waals surface area contributed by atoms with Crippen LogP contribution >= 0.6 is 0 Å². The fourth-order valence-corrected chi connectivity index (χ4v) is 3.46. The molecule has 3 heteroatoms. The summed E-state index contributed by atoms with van der Waals surface area (Å²) in [6, 6.07) is 0.752. The second-order valence-corrected chi connectivity index (χ2v) is 7.92. The molecule has 1 aliphatic rings. The standard InChI is InChI=1S/C18H39N3/c1-6-16(2)21-14-12-20(13-15-21)11-7-8-17(9-10-19)18(3,4)5/h16-17H,6-15,19H2,1-5H3. The van der Waals surface area contributed by atoms with E-state index < -0.39 is 0 Å². The highest BCUT2D eigenvalue weighted by Gasteiger charge is 2.24. The number of piperazine rings is 1. The van der Waals surface area contributed by atoms with E-state index in [2.05, 4.69) is 44.4 Å². The van der Waals surface area contributed by atoms with Crippen LogP contribution in [0.5, 0.6) is 0 Å². The molecule has 1 heterocycles. The second-order valence-electron chi connectivity index (χ2n) is 7.92. The molecule has 21 heavy (non-hydrogen) atoms. The molecule has 0 aromatic heterocycles. The van der Waals surface area contributed by atoms with Crippen molar-refractivity contribution in [2.24, 2.45) is 17.1 Å². The maximum atomic E-state index is 5.78. The Morgan fingerprint density at radius 2 is 1.67 bits per heavy atom. The lowest BCUT2D eigenvalue weighted by Gasteiger charge is -2.38. The van der Waals surface area contributed by atoms with E-state index in [0.717, 1.165) is 18.5 Å². The Kier molecular flexibility index (Phi) is 8.22. The Hall–Kier alpha value is -0.120. The van der Waals surface area contributed by atoms with Gasteiger partial charge in [-0.05, 0) is 57.0 Å². The van der Waals surface area contributed by atoms with Gasteiger partial charge in [0, 0.05) is 32.2 Å². The Balaban J connectivity index is 2.24. The van der Waals surface area contributed by atoms with Crippen LogP contribution in [0.25, 0.3) is 0 Å². The smallest absolute Gasteiger partial charge is 0.0113 e. The zero-order valence-corrected chi connectivity index (χ0v) is 15.2. The molecule has 2 N–H and O–H groups in total. The van der Waals surface area contributed by atoms with Crippen molar-refractivity contribution in [3.63, 3.8) is 0 Å². The Morgan fingerprint density at radius 1 is 1.05 bits per heavy atom. The van der Waals surface area contributed by atoms with Crippen molar-refractivity contribution in [2.45, 2.75) is 66.3 Å². The zero-order chi connectivity index (χ0) is 15.9. The molecule has 1 fully saturated rings. The van der Waals surface area contributed by atoms with Gasteiger partial charge in [0.15, 0.2) is 0 Å². The highest BCUT2D eigenvalue weighted by atomic mass is 15.3. The number of hydrogen-bond acceptors (Lipinski definition) is 3. The molecule has 1 rings (SSSR count). The predicted molar refractivity (Wildman–Crippen MR) is 93.6 cm³/mol. The SMILES string of the molecule is CCC(C)N1CCN(CCCC(CCN)C(C)(C)C)CC1. The van der Waals surface area contributed by atoms with E-state index in [-0.39, 0.29) is 0 Å². The van der Waals surface area contributed by atoms with Gasteiger partial charge in [-0.2, -0.15) is 0 Å². The van der Waals surface area contributed by atoms with E-state index in [1.54, 1.807) is 0 Å². The average molecular weight is 298 g/mol. The topological polar surface area (TPSA) is 32.5 Å². The van der Waals surface area contributed by atoms with Crippen LogP contribution in [0.1, 0.15) is 60.3 Å². The Bertz CT molecular complexity index is 264. The molecule has 0 aromatic carbocycles. The van der Waals surface area contributed by atoms with Crippen molar-refractivity contribution in [3.8, 4) is 0 Å². The summed E-state index contributed by atoms with van der Waals surface area (Å²) in [6.07, 6.45) is 5.09. The molecule has 2 unspecified atom stereocenters. The summed E-state index contributed by atoms with van der Waals surface area (Å²) in [5.41, 5.74) is 6.18. The molecule has 0 aromatic rings. The first-order valence-corrected chi connectivity index (χ1v) is 9.05. The molecular formula is C18H39N3. The molecule has 0 amide bonds. The number of hydrogen-bond donors (Lipinski definition) is 1. The molecular weight excluding hydrogens is 258 g/mol. The van der Waals surface area contributed by atoms with Crippen molar-refractivity contribution in [2.75, 3.05) is 39.3 Å². The van der Waals surface area contributed by atoms with Crippen LogP contribution in [0.4, 0.5) is 0 Å². The minimum atomic E-state index is 0.397. The summed E-state index contributed by atoms with van der Waals surface area (Å²) in [5, 5.41) is 0. The third-order valence-electron chi connectivity index (χ3n) is 5.39. The van der Waals surface area contributed by atoms with E-state index in [1.165, 1.54) is 58.4 Å². The molecule has 126 valence electrons. The van der Waals surface area contributed by atoms with Gasteiger partial charge in [-0.1, -0.05) is 27.7 Å². The van der Waals surface area contributed by atoms with Gasteiger partial charge in [0.1, 0.15) is 0 Å². The lowest BCUT2D eigenvalue weighted by molar-refractivity contribution is 0.0960. The van der Waals surface area contributed by atoms with Crippen molar-refractivity contribution in [1.82, 2.24) is 9.80 Å². The summed E-state index contributed by atoms with van der Waals surface area (Å²) in [7, 11) is 0. The van der Waals surface area contributed by atoms with Crippen LogP contribution in [0, 0.1) is 11.3 Å². The van der Waals surface area contributed by atoms with Gasteiger partial charge in [0.2, 0.25) is 0 Å². The summed E-state index contributed by atoms with van der Waals surface area (Å²) in [6.45, 7) is 18.8. The van der Waals surface area contributed by atoms with Gasteiger partial charge in [-0.3, -0.25) is 4.90 Å². The average Bonchev–Trinajstić information content (AvgIpc) is 2.45. The lowest BCUT2D eigenvalue weighted by atomic mass is 9.76. The first kappa shape index (κ1) is 18.9. The summed E-state index contributed by atoms with van der Waals surface area (Å²) < 4.78 is 0. The quantitative estimate of drug-likeness (QED) is 0.747. The molecule has 0 bridgehead atoms. The largest absolute Gasteiger partial charge is 0.330 e. The second kappa shape index (κ2) is 9.12. The fraction of sp³-hybridized carbons (Fsp3) is 1.00. The number of nitrogens with zero attached hydrogens (tertiary/aromatic N) is 2. The summed E-state index contributed by atoms with van der Waals surface area (Å²) in [5.74, 6) is 0.768. The van der Waals surface area contributed by atoms with E-state index >= 15 is 0 Å². The Morgan fingerprint density at radius 3 is 2.14 bits per heavy atom. The van der Waals surface area contributed by atoms with E-state index in [0.29, 0.717) is 5.41 Å². The maximum Gasteiger partial charge on any atom is 0.0113 e. The predicted octanol–water partition coefficient (Wildman–Crippen LogP) is 3.19. The first-order chi connectivity index (χ1) is 9.88. The summed E-state index contributed by atoms with van der Waals surface area (Å²) in [4.78, 5) is 5.30. The van der Waals surface area contributed by atoms with Crippen molar-refractivity contribution in [1.29, 1.82) is 0 Å². The number of rotatable bonds is 8. The van der Waals surface area contributed by atoms with Gasteiger partial charge in [0.05, 0.1) is 0 Å². The van der Waals surface area contributed by atoms with Crippen LogP contribution < -0.4 is 5.73 Å². The van der Waals surface area contributed by atoms with E-state index in [9.17, 15) is 0 Å². The van der Waals surface area contributed by atoms with Crippen molar-refractivity contribution < 1.29 is 0 Å². The molecule has 1 aliphatic heterocycles. The maximum absolute atomic E-state index is 5.78.